The zero-order valence-corrected chi connectivity index (χ0v) is 23.2. The van der Waals surface area contributed by atoms with Crippen molar-refractivity contribution in [2.24, 2.45) is 29.6 Å². The van der Waals surface area contributed by atoms with Gasteiger partial charge in [0.05, 0.1) is 6.61 Å². The van der Waals surface area contributed by atoms with E-state index in [-0.39, 0.29) is 11.7 Å². The molecule has 4 unspecified atom stereocenters. The van der Waals surface area contributed by atoms with E-state index in [0.717, 1.165) is 42.9 Å². The Morgan fingerprint density at radius 2 is 1.33 bits per heavy atom. The second-order valence-corrected chi connectivity index (χ2v) is 12.7. The maximum Gasteiger partial charge on any atom is 0.200 e. The van der Waals surface area contributed by atoms with Gasteiger partial charge in [-0.05, 0) is 85.7 Å². The predicted octanol–water partition coefficient (Wildman–Crippen LogP) is 10.6. The third kappa shape index (κ3) is 7.47. The summed E-state index contributed by atoms with van der Waals surface area (Å²) in [5.41, 5.74) is 0.581. The first-order valence-corrected chi connectivity index (χ1v) is 15.7. The van der Waals surface area contributed by atoms with Crippen molar-refractivity contribution in [2.45, 2.75) is 135 Å². The lowest BCUT2D eigenvalue weighted by Gasteiger charge is -2.43. The molecule has 0 N–H and O–H groups in total. The van der Waals surface area contributed by atoms with E-state index in [0.29, 0.717) is 18.1 Å². The van der Waals surface area contributed by atoms with Gasteiger partial charge in [0.15, 0.2) is 11.6 Å². The van der Waals surface area contributed by atoms with E-state index in [4.69, 9.17) is 4.74 Å². The van der Waals surface area contributed by atoms with Crippen molar-refractivity contribution < 1.29 is 13.5 Å². The number of hydrogen-bond acceptors (Lipinski definition) is 1. The summed E-state index contributed by atoms with van der Waals surface area (Å²) in [7, 11) is 0. The number of hydrogen-bond donors (Lipinski definition) is 0. The minimum atomic E-state index is -0.794. The molecule has 1 aromatic carbocycles. The summed E-state index contributed by atoms with van der Waals surface area (Å²) < 4.78 is 34.9. The average Bonchev–Trinajstić information content (AvgIpc) is 2.91. The third-order valence-electron chi connectivity index (χ3n) is 10.1. The molecule has 3 aliphatic rings. The zero-order chi connectivity index (χ0) is 25.3. The molecule has 4 rings (SSSR count). The Kier molecular flexibility index (Phi) is 11.0. The van der Waals surface area contributed by atoms with Crippen LogP contribution < -0.4 is 4.74 Å². The Morgan fingerprint density at radius 3 is 2.08 bits per heavy atom. The number of halogens is 2. The van der Waals surface area contributed by atoms with Gasteiger partial charge in [0.1, 0.15) is 0 Å². The van der Waals surface area contributed by atoms with Gasteiger partial charge in [0, 0.05) is 0 Å². The predicted molar refractivity (Wildman–Crippen MR) is 146 cm³/mol. The van der Waals surface area contributed by atoms with Gasteiger partial charge in [-0.3, -0.25) is 0 Å². The van der Waals surface area contributed by atoms with Crippen molar-refractivity contribution in [2.75, 3.05) is 6.61 Å². The van der Waals surface area contributed by atoms with Gasteiger partial charge in [0.25, 0.3) is 0 Å². The molecule has 0 radical (unpaired) electrons. The molecule has 1 nitrogen and oxygen atoms in total. The molecule has 3 fully saturated rings. The summed E-state index contributed by atoms with van der Waals surface area (Å²) in [6.07, 6.45) is 23.9. The van der Waals surface area contributed by atoms with Crippen molar-refractivity contribution >= 4 is 0 Å². The number of unbranched alkanes of at least 4 members (excludes halogenated alkanes) is 3. The summed E-state index contributed by atoms with van der Waals surface area (Å²) >= 11 is 0. The van der Waals surface area contributed by atoms with E-state index < -0.39 is 11.6 Å². The lowest BCUT2D eigenvalue weighted by atomic mass is 9.63. The molecule has 4 atom stereocenters. The van der Waals surface area contributed by atoms with Crippen LogP contribution in [-0.2, 0) is 0 Å². The highest BCUT2D eigenvalue weighted by atomic mass is 19.2. The minimum absolute atomic E-state index is 0.0627. The average molecular weight is 503 g/mol. The first kappa shape index (κ1) is 27.9. The Hall–Kier alpha value is -1.12. The number of benzene rings is 1. The quantitative estimate of drug-likeness (QED) is 0.258. The Balaban J connectivity index is 1.18. The molecule has 3 saturated carbocycles. The second-order valence-electron chi connectivity index (χ2n) is 12.7. The van der Waals surface area contributed by atoms with Gasteiger partial charge < -0.3 is 4.74 Å². The molecule has 3 heteroatoms. The maximum absolute atomic E-state index is 14.9. The smallest absolute Gasteiger partial charge is 0.200 e. The van der Waals surface area contributed by atoms with Crippen molar-refractivity contribution in [3.8, 4) is 5.75 Å². The van der Waals surface area contributed by atoms with Gasteiger partial charge >= 0.3 is 0 Å². The highest BCUT2D eigenvalue weighted by molar-refractivity contribution is 5.33. The highest BCUT2D eigenvalue weighted by Gasteiger charge is 2.37. The molecule has 0 saturated heterocycles. The number of rotatable bonds is 12. The van der Waals surface area contributed by atoms with Crippen LogP contribution in [0.4, 0.5) is 8.78 Å². The van der Waals surface area contributed by atoms with E-state index in [9.17, 15) is 8.78 Å². The molecule has 0 amide bonds. The number of fused-ring (bicyclic) bond motifs is 1. The molecule has 0 spiro atoms. The van der Waals surface area contributed by atoms with Crippen LogP contribution in [-0.4, -0.2) is 6.61 Å². The van der Waals surface area contributed by atoms with E-state index in [1.165, 1.54) is 96.3 Å². The van der Waals surface area contributed by atoms with Crippen molar-refractivity contribution in [3.63, 3.8) is 0 Å². The first-order chi connectivity index (χ1) is 17.6. The summed E-state index contributed by atoms with van der Waals surface area (Å²) in [6, 6.07) is 3.44. The molecule has 0 aromatic heterocycles. The minimum Gasteiger partial charge on any atom is -0.490 e. The molecule has 0 heterocycles. The molecule has 204 valence electrons. The van der Waals surface area contributed by atoms with Crippen LogP contribution in [0.2, 0.25) is 0 Å². The molecule has 0 bridgehead atoms. The third-order valence-corrected chi connectivity index (χ3v) is 10.1. The van der Waals surface area contributed by atoms with Crippen molar-refractivity contribution in [1.82, 2.24) is 0 Å². The summed E-state index contributed by atoms with van der Waals surface area (Å²) in [4.78, 5) is 0. The molecular formula is C33H52F2O. The van der Waals surface area contributed by atoms with Gasteiger partial charge in [0.2, 0.25) is 5.82 Å². The van der Waals surface area contributed by atoms with Crippen molar-refractivity contribution in [1.29, 1.82) is 0 Å². The number of ether oxygens (including phenoxy) is 1. The molecule has 3 aliphatic carbocycles. The second kappa shape index (κ2) is 14.1. The van der Waals surface area contributed by atoms with Gasteiger partial charge in [-0.1, -0.05) is 97.0 Å². The normalized spacial score (nSPS) is 30.7. The Labute approximate surface area is 220 Å². The fraction of sp³-hybridized carbons (Fsp3) is 0.818. The van der Waals surface area contributed by atoms with E-state index in [1.54, 1.807) is 12.1 Å². The Morgan fingerprint density at radius 1 is 0.667 bits per heavy atom. The van der Waals surface area contributed by atoms with Gasteiger partial charge in [-0.15, -0.1) is 0 Å². The monoisotopic (exact) mass is 502 g/mol. The zero-order valence-electron chi connectivity index (χ0n) is 23.2. The van der Waals surface area contributed by atoms with Crippen LogP contribution in [0.15, 0.2) is 12.1 Å². The highest BCUT2D eigenvalue weighted by Crippen LogP contribution is 2.49. The van der Waals surface area contributed by atoms with E-state index in [1.807, 2.05) is 6.92 Å². The van der Waals surface area contributed by atoms with Crippen LogP contribution in [0, 0.1) is 41.2 Å². The van der Waals surface area contributed by atoms with Gasteiger partial charge in [-0.2, -0.15) is 4.39 Å². The molecular weight excluding hydrogens is 450 g/mol. The standard InChI is InChI=1S/C33H52F2O/c1-3-5-6-7-8-24-9-11-25(12-10-24)13-14-26-15-16-28-23-29(18-17-27(28)22-26)30-19-20-31(36-21-4-2)33(35)32(30)34/h19-20,24-29H,3-18,21-23H2,1-2H3. The van der Waals surface area contributed by atoms with E-state index >= 15 is 0 Å². The SMILES string of the molecule is CCCCCCC1CCC(CCC2CCC3CC(c4ccc(OCCC)c(F)c4F)CCC3C2)CC1. The van der Waals surface area contributed by atoms with Crippen LogP contribution in [0.5, 0.6) is 5.75 Å². The van der Waals surface area contributed by atoms with Crippen LogP contribution in [0.3, 0.4) is 0 Å². The summed E-state index contributed by atoms with van der Waals surface area (Å²) in [6.45, 7) is 4.69. The van der Waals surface area contributed by atoms with Crippen molar-refractivity contribution in [3.05, 3.63) is 29.3 Å². The molecule has 0 aliphatic heterocycles. The maximum atomic E-state index is 14.9. The van der Waals surface area contributed by atoms with Crippen LogP contribution in [0.1, 0.15) is 141 Å². The summed E-state index contributed by atoms with van der Waals surface area (Å²) in [5, 5.41) is 0. The molecule has 1 aromatic rings. The van der Waals surface area contributed by atoms with Gasteiger partial charge in [-0.25, -0.2) is 4.39 Å². The lowest BCUT2D eigenvalue weighted by molar-refractivity contribution is 0.107. The first-order valence-electron chi connectivity index (χ1n) is 15.7. The fourth-order valence-electron chi connectivity index (χ4n) is 7.86. The fourth-order valence-corrected chi connectivity index (χ4v) is 7.86. The largest absolute Gasteiger partial charge is 0.490 e. The van der Waals surface area contributed by atoms with Crippen LogP contribution in [0.25, 0.3) is 0 Å². The lowest BCUT2D eigenvalue weighted by Crippen LogP contribution is -2.31. The van der Waals surface area contributed by atoms with E-state index in [2.05, 4.69) is 6.92 Å². The van der Waals surface area contributed by atoms with Crippen LogP contribution >= 0.6 is 0 Å². The Bertz CT molecular complexity index is 784. The molecule has 36 heavy (non-hydrogen) atoms. The topological polar surface area (TPSA) is 9.23 Å². The summed E-state index contributed by atoms with van der Waals surface area (Å²) in [5.74, 6) is 3.16.